The van der Waals surface area contributed by atoms with Crippen LogP contribution in [0.5, 0.6) is 5.75 Å². The van der Waals surface area contributed by atoms with Crippen LogP contribution in [-0.4, -0.2) is 38.3 Å². The molecule has 1 aromatic carbocycles. The van der Waals surface area contributed by atoms with Crippen molar-refractivity contribution in [3.8, 4) is 5.75 Å². The zero-order valence-corrected chi connectivity index (χ0v) is 11.4. The monoisotopic (exact) mass is 288 g/mol. The number of methoxy groups -OCH3 is 1. The Labute approximate surface area is 116 Å². The third kappa shape index (κ3) is 5.10. The maximum absolute atomic E-state index is 13.3. The van der Waals surface area contributed by atoms with Gasteiger partial charge < -0.3 is 20.5 Å². The smallest absolute Gasteiger partial charge is 0.239 e. The first kappa shape index (κ1) is 16.3. The minimum absolute atomic E-state index is 0.0357. The molecule has 5 nitrogen and oxygen atoms in total. The number of carbonyl (C=O) groups excluding carboxylic acids is 1. The van der Waals surface area contributed by atoms with Gasteiger partial charge in [-0.1, -0.05) is 0 Å². The molecule has 1 amide bonds. The second kappa shape index (κ2) is 7.76. The molecule has 0 bridgehead atoms. The highest BCUT2D eigenvalue weighted by Crippen LogP contribution is 2.17. The first-order valence-electron chi connectivity index (χ1n) is 6.06. The van der Waals surface area contributed by atoms with E-state index in [-0.39, 0.29) is 30.9 Å². The Morgan fingerprint density at radius 3 is 2.70 bits per heavy atom. The van der Waals surface area contributed by atoms with E-state index in [2.05, 4.69) is 5.32 Å². The zero-order chi connectivity index (χ0) is 15.1. The summed E-state index contributed by atoms with van der Waals surface area (Å²) in [5.74, 6) is -1.93. The predicted octanol–water partition coefficient (Wildman–Crippen LogP) is 0.822. The number of halogens is 2. The summed E-state index contributed by atoms with van der Waals surface area (Å²) < 4.78 is 35.9. The number of nitrogens with two attached hydrogens (primary N) is 1. The van der Waals surface area contributed by atoms with Crippen molar-refractivity contribution in [2.24, 2.45) is 5.73 Å². The number of nitrogens with one attached hydrogen (secondary N) is 1. The molecular formula is C13H18F2N2O3. The lowest BCUT2D eigenvalue weighted by atomic mass is 10.2. The van der Waals surface area contributed by atoms with Crippen molar-refractivity contribution in [1.29, 1.82) is 0 Å². The van der Waals surface area contributed by atoms with Gasteiger partial charge in [0, 0.05) is 13.2 Å². The molecule has 0 saturated heterocycles. The van der Waals surface area contributed by atoms with Gasteiger partial charge in [-0.25, -0.2) is 8.78 Å². The molecule has 7 heteroatoms. The molecule has 0 heterocycles. The minimum atomic E-state index is -0.792. The van der Waals surface area contributed by atoms with Crippen LogP contribution in [0.3, 0.4) is 0 Å². The molecule has 2 atom stereocenters. The zero-order valence-electron chi connectivity index (χ0n) is 11.4. The van der Waals surface area contributed by atoms with Crippen LogP contribution < -0.4 is 15.8 Å². The van der Waals surface area contributed by atoms with E-state index in [1.54, 1.807) is 6.92 Å². The number of rotatable bonds is 7. The van der Waals surface area contributed by atoms with Crippen LogP contribution in [0.2, 0.25) is 0 Å². The highest BCUT2D eigenvalue weighted by Gasteiger charge is 2.16. The molecule has 2 unspecified atom stereocenters. The molecule has 0 radical (unpaired) electrons. The normalized spacial score (nSPS) is 13.7. The average Bonchev–Trinajstić information content (AvgIpc) is 2.37. The third-order valence-corrected chi connectivity index (χ3v) is 2.45. The third-order valence-electron chi connectivity index (χ3n) is 2.45. The van der Waals surface area contributed by atoms with Gasteiger partial charge in [-0.3, -0.25) is 4.79 Å². The molecule has 1 rings (SSSR count). The van der Waals surface area contributed by atoms with E-state index in [9.17, 15) is 13.6 Å². The SMILES string of the molecule is COCC(N)C(=O)NC(C)COc1ccc(F)cc1F. The summed E-state index contributed by atoms with van der Waals surface area (Å²) in [6, 6.07) is 1.86. The van der Waals surface area contributed by atoms with Crippen molar-refractivity contribution >= 4 is 5.91 Å². The van der Waals surface area contributed by atoms with Gasteiger partial charge >= 0.3 is 0 Å². The van der Waals surface area contributed by atoms with Gasteiger partial charge in [-0.2, -0.15) is 0 Å². The molecule has 1 aromatic rings. The summed E-state index contributed by atoms with van der Waals surface area (Å²) in [7, 11) is 1.44. The van der Waals surface area contributed by atoms with E-state index in [1.165, 1.54) is 13.2 Å². The van der Waals surface area contributed by atoms with E-state index >= 15 is 0 Å². The van der Waals surface area contributed by atoms with Crippen molar-refractivity contribution in [1.82, 2.24) is 5.32 Å². The molecule has 0 aliphatic rings. The van der Waals surface area contributed by atoms with Gasteiger partial charge in [0.1, 0.15) is 18.5 Å². The Morgan fingerprint density at radius 2 is 2.10 bits per heavy atom. The number of amides is 1. The number of carbonyl (C=O) groups is 1. The van der Waals surface area contributed by atoms with Gasteiger partial charge in [0.15, 0.2) is 11.6 Å². The van der Waals surface area contributed by atoms with Gasteiger partial charge in [0.05, 0.1) is 12.6 Å². The number of hydrogen-bond donors (Lipinski definition) is 2. The van der Waals surface area contributed by atoms with Crippen LogP contribution in [0.4, 0.5) is 8.78 Å². The summed E-state index contributed by atoms with van der Waals surface area (Å²) in [6.07, 6.45) is 0. The van der Waals surface area contributed by atoms with Crippen LogP contribution in [-0.2, 0) is 9.53 Å². The molecule has 0 aliphatic heterocycles. The van der Waals surface area contributed by atoms with Crippen molar-refractivity contribution in [3.05, 3.63) is 29.8 Å². The van der Waals surface area contributed by atoms with Crippen molar-refractivity contribution in [2.75, 3.05) is 20.3 Å². The topological polar surface area (TPSA) is 73.6 Å². The summed E-state index contributed by atoms with van der Waals surface area (Å²) in [5, 5.41) is 2.60. The van der Waals surface area contributed by atoms with E-state index in [4.69, 9.17) is 15.2 Å². The van der Waals surface area contributed by atoms with Crippen LogP contribution in [0.1, 0.15) is 6.92 Å². The molecule has 0 aromatic heterocycles. The summed E-state index contributed by atoms with van der Waals surface area (Å²) in [5.41, 5.74) is 5.54. The molecule has 0 fully saturated rings. The van der Waals surface area contributed by atoms with E-state index in [1.807, 2.05) is 0 Å². The maximum atomic E-state index is 13.3. The molecular weight excluding hydrogens is 270 g/mol. The molecule has 0 aliphatic carbocycles. The average molecular weight is 288 g/mol. The molecule has 20 heavy (non-hydrogen) atoms. The summed E-state index contributed by atoms with van der Waals surface area (Å²) in [4.78, 5) is 11.6. The van der Waals surface area contributed by atoms with E-state index < -0.39 is 17.7 Å². The van der Waals surface area contributed by atoms with Crippen molar-refractivity contribution < 1.29 is 23.0 Å². The van der Waals surface area contributed by atoms with Crippen LogP contribution in [0, 0.1) is 11.6 Å². The Balaban J connectivity index is 2.43. The second-order valence-corrected chi connectivity index (χ2v) is 4.36. The fraction of sp³-hybridized carbons (Fsp3) is 0.462. The van der Waals surface area contributed by atoms with E-state index in [0.29, 0.717) is 0 Å². The van der Waals surface area contributed by atoms with Gasteiger partial charge in [-0.05, 0) is 19.1 Å². The minimum Gasteiger partial charge on any atom is -0.488 e. The summed E-state index contributed by atoms with van der Waals surface area (Å²) in [6.45, 7) is 1.82. The van der Waals surface area contributed by atoms with E-state index in [0.717, 1.165) is 12.1 Å². The largest absolute Gasteiger partial charge is 0.488 e. The lowest BCUT2D eigenvalue weighted by Crippen LogP contribution is -2.48. The Morgan fingerprint density at radius 1 is 1.40 bits per heavy atom. The first-order chi connectivity index (χ1) is 9.43. The highest BCUT2D eigenvalue weighted by molar-refractivity contribution is 5.81. The molecule has 0 spiro atoms. The van der Waals surface area contributed by atoms with Crippen LogP contribution in [0.15, 0.2) is 18.2 Å². The molecule has 3 N–H and O–H groups in total. The van der Waals surface area contributed by atoms with Gasteiger partial charge in [0.25, 0.3) is 0 Å². The lowest BCUT2D eigenvalue weighted by Gasteiger charge is -2.17. The Bertz CT molecular complexity index is 457. The van der Waals surface area contributed by atoms with Gasteiger partial charge in [-0.15, -0.1) is 0 Å². The first-order valence-corrected chi connectivity index (χ1v) is 6.06. The number of hydrogen-bond acceptors (Lipinski definition) is 4. The van der Waals surface area contributed by atoms with Crippen LogP contribution in [0.25, 0.3) is 0 Å². The maximum Gasteiger partial charge on any atom is 0.239 e. The van der Waals surface area contributed by atoms with Gasteiger partial charge in [0.2, 0.25) is 5.91 Å². The van der Waals surface area contributed by atoms with Crippen LogP contribution >= 0.6 is 0 Å². The standard InChI is InChI=1S/C13H18F2N2O3/c1-8(17-13(18)11(16)7-19-2)6-20-12-4-3-9(14)5-10(12)15/h3-5,8,11H,6-7,16H2,1-2H3,(H,17,18). The quantitative estimate of drug-likeness (QED) is 0.779. The fourth-order valence-corrected chi connectivity index (χ4v) is 1.45. The number of ether oxygens (including phenoxy) is 2. The van der Waals surface area contributed by atoms with Crippen molar-refractivity contribution in [2.45, 2.75) is 19.0 Å². The lowest BCUT2D eigenvalue weighted by molar-refractivity contribution is -0.124. The summed E-state index contributed by atoms with van der Waals surface area (Å²) >= 11 is 0. The number of benzene rings is 1. The molecule has 112 valence electrons. The highest BCUT2D eigenvalue weighted by atomic mass is 19.1. The Kier molecular flexibility index (Phi) is 6.33. The fourth-order valence-electron chi connectivity index (χ4n) is 1.45. The van der Waals surface area contributed by atoms with Crippen molar-refractivity contribution in [3.63, 3.8) is 0 Å². The predicted molar refractivity (Wildman–Crippen MR) is 69.3 cm³/mol. The molecule has 0 saturated carbocycles. The Hall–Kier alpha value is -1.73. The second-order valence-electron chi connectivity index (χ2n) is 4.36.